The lowest BCUT2D eigenvalue weighted by Crippen LogP contribution is -2.33. The maximum atomic E-state index is 11.4. The van der Waals surface area contributed by atoms with Gasteiger partial charge in [0.15, 0.2) is 0 Å². The number of amides is 2. The van der Waals surface area contributed by atoms with Crippen molar-refractivity contribution in [1.29, 1.82) is 0 Å². The van der Waals surface area contributed by atoms with Gasteiger partial charge >= 0.3 is 7.12 Å². The molecule has 1 aromatic carbocycles. The molecule has 0 aromatic heterocycles. The van der Waals surface area contributed by atoms with Crippen molar-refractivity contribution in [2.75, 3.05) is 4.90 Å². The average Bonchev–Trinajstić information content (AvgIpc) is 2.59. The molecule has 0 aliphatic carbocycles. The molecule has 0 fully saturated rings. The topological polar surface area (TPSA) is 77.8 Å². The Labute approximate surface area is 91.8 Å². The predicted molar refractivity (Wildman–Crippen MR) is 57.9 cm³/mol. The molecule has 0 saturated carbocycles. The van der Waals surface area contributed by atoms with Gasteiger partial charge in [0.1, 0.15) is 0 Å². The molecule has 6 heteroatoms. The monoisotopic (exact) mass is 217 g/mol. The summed E-state index contributed by atoms with van der Waals surface area (Å²) < 4.78 is 0. The highest BCUT2D eigenvalue weighted by atomic mass is 16.4. The van der Waals surface area contributed by atoms with Gasteiger partial charge in [0, 0.05) is 12.2 Å². The smallest absolute Gasteiger partial charge is 0.423 e. The molecule has 0 radical (unpaired) electrons. The summed E-state index contributed by atoms with van der Waals surface area (Å²) in [4.78, 5) is 23.7. The van der Waals surface area contributed by atoms with Gasteiger partial charge in [-0.1, -0.05) is 12.1 Å². The molecular formula is C10H8BNO4. The van der Waals surface area contributed by atoms with Gasteiger partial charge in [0.05, 0.1) is 5.69 Å². The normalized spacial score (nSPS) is 14.8. The number of benzene rings is 1. The largest absolute Gasteiger partial charge is 0.488 e. The van der Waals surface area contributed by atoms with Crippen molar-refractivity contribution < 1.29 is 19.6 Å². The average molecular weight is 217 g/mol. The van der Waals surface area contributed by atoms with Gasteiger partial charge in [-0.3, -0.25) is 9.59 Å². The maximum Gasteiger partial charge on any atom is 0.488 e. The molecule has 0 saturated heterocycles. The van der Waals surface area contributed by atoms with E-state index in [1.807, 2.05) is 0 Å². The number of nitrogens with zero attached hydrogens (tertiary/aromatic N) is 1. The Hall–Kier alpha value is -1.92. The van der Waals surface area contributed by atoms with Crippen LogP contribution in [0.25, 0.3) is 0 Å². The lowest BCUT2D eigenvalue weighted by atomic mass is 9.80. The molecule has 80 valence electrons. The van der Waals surface area contributed by atoms with Crippen LogP contribution in [0.4, 0.5) is 5.69 Å². The van der Waals surface area contributed by atoms with E-state index in [2.05, 4.69) is 0 Å². The third-order valence-corrected chi connectivity index (χ3v) is 2.24. The molecule has 1 aliphatic heterocycles. The summed E-state index contributed by atoms with van der Waals surface area (Å²) in [6.45, 7) is 0. The number of carbonyl (C=O) groups excluding carboxylic acids is 2. The fourth-order valence-electron chi connectivity index (χ4n) is 1.48. The Kier molecular flexibility index (Phi) is 2.60. The zero-order valence-electron chi connectivity index (χ0n) is 8.20. The lowest BCUT2D eigenvalue weighted by Gasteiger charge is -2.14. The number of imide groups is 1. The van der Waals surface area contributed by atoms with Crippen LogP contribution in [0.3, 0.4) is 0 Å². The van der Waals surface area contributed by atoms with E-state index < -0.39 is 18.9 Å². The van der Waals surface area contributed by atoms with Gasteiger partial charge in [0.2, 0.25) is 0 Å². The summed E-state index contributed by atoms with van der Waals surface area (Å²) in [5, 5.41) is 17.9. The van der Waals surface area contributed by atoms with Crippen LogP contribution in [0.15, 0.2) is 36.4 Å². The Morgan fingerprint density at radius 3 is 2.25 bits per heavy atom. The molecule has 0 bridgehead atoms. The first-order valence-corrected chi connectivity index (χ1v) is 4.62. The number of anilines is 1. The predicted octanol–water partition coefficient (Wildman–Crippen LogP) is -1.20. The minimum atomic E-state index is -1.62. The number of hydrogen-bond acceptors (Lipinski definition) is 4. The standard InChI is InChI=1S/C10H8BNO4/c13-9-4-5-10(14)12(9)8-3-1-2-7(6-8)11(15)16/h1-6,15-16H. The van der Waals surface area contributed by atoms with E-state index in [1.165, 1.54) is 24.3 Å². The van der Waals surface area contributed by atoms with Crippen molar-refractivity contribution in [3.05, 3.63) is 36.4 Å². The van der Waals surface area contributed by atoms with Crippen LogP contribution < -0.4 is 10.4 Å². The Morgan fingerprint density at radius 2 is 1.69 bits per heavy atom. The zero-order valence-corrected chi connectivity index (χ0v) is 8.20. The van der Waals surface area contributed by atoms with Crippen molar-refractivity contribution in [3.8, 4) is 0 Å². The molecule has 2 amide bonds. The molecule has 0 atom stereocenters. The molecule has 1 aliphatic rings. The van der Waals surface area contributed by atoms with Crippen molar-refractivity contribution >= 4 is 30.1 Å². The van der Waals surface area contributed by atoms with Gasteiger partial charge in [-0.2, -0.15) is 0 Å². The number of carbonyl (C=O) groups is 2. The van der Waals surface area contributed by atoms with Crippen LogP contribution in [0.5, 0.6) is 0 Å². The van der Waals surface area contributed by atoms with Crippen LogP contribution in [-0.4, -0.2) is 29.0 Å². The third-order valence-electron chi connectivity index (χ3n) is 2.24. The first-order chi connectivity index (χ1) is 7.59. The third kappa shape index (κ3) is 1.76. The van der Waals surface area contributed by atoms with E-state index in [1.54, 1.807) is 12.1 Å². The highest BCUT2D eigenvalue weighted by Crippen LogP contribution is 2.17. The summed E-state index contributed by atoms with van der Waals surface area (Å²) in [5.41, 5.74) is 0.551. The molecule has 2 rings (SSSR count). The Bertz CT molecular complexity index is 465. The highest BCUT2D eigenvalue weighted by Gasteiger charge is 2.25. The molecule has 2 N–H and O–H groups in total. The van der Waals surface area contributed by atoms with E-state index in [0.717, 1.165) is 4.90 Å². The fourth-order valence-corrected chi connectivity index (χ4v) is 1.48. The summed E-state index contributed by atoms with van der Waals surface area (Å²) in [5.74, 6) is -0.871. The fraction of sp³-hybridized carbons (Fsp3) is 0. The number of rotatable bonds is 2. The van der Waals surface area contributed by atoms with Crippen molar-refractivity contribution in [2.45, 2.75) is 0 Å². The first kappa shape index (κ1) is 10.6. The molecule has 0 spiro atoms. The van der Waals surface area contributed by atoms with Crippen LogP contribution in [0, 0.1) is 0 Å². The number of hydrogen-bond donors (Lipinski definition) is 2. The van der Waals surface area contributed by atoms with Crippen LogP contribution >= 0.6 is 0 Å². The summed E-state index contributed by atoms with van der Waals surface area (Å²) in [6.07, 6.45) is 2.34. The molecular weight excluding hydrogens is 209 g/mol. The molecule has 5 nitrogen and oxygen atoms in total. The highest BCUT2D eigenvalue weighted by molar-refractivity contribution is 6.58. The van der Waals surface area contributed by atoms with E-state index in [9.17, 15) is 9.59 Å². The van der Waals surface area contributed by atoms with Crippen molar-refractivity contribution in [3.63, 3.8) is 0 Å². The van der Waals surface area contributed by atoms with E-state index >= 15 is 0 Å². The van der Waals surface area contributed by atoms with E-state index in [4.69, 9.17) is 10.0 Å². The van der Waals surface area contributed by atoms with Crippen LogP contribution in [0.1, 0.15) is 0 Å². The molecule has 0 unspecified atom stereocenters. The Balaban J connectivity index is 2.38. The molecule has 1 heterocycles. The second-order valence-electron chi connectivity index (χ2n) is 3.31. The van der Waals surface area contributed by atoms with Gasteiger partial charge in [-0.15, -0.1) is 0 Å². The molecule has 1 aromatic rings. The summed E-state index contributed by atoms with van der Waals surface area (Å²) in [6, 6.07) is 5.97. The van der Waals surface area contributed by atoms with Gasteiger partial charge in [-0.25, -0.2) is 4.90 Å². The van der Waals surface area contributed by atoms with E-state index in [0.29, 0.717) is 5.69 Å². The van der Waals surface area contributed by atoms with Crippen LogP contribution in [-0.2, 0) is 9.59 Å². The summed E-state index contributed by atoms with van der Waals surface area (Å²) >= 11 is 0. The Morgan fingerprint density at radius 1 is 1.06 bits per heavy atom. The minimum Gasteiger partial charge on any atom is -0.423 e. The van der Waals surface area contributed by atoms with Gasteiger partial charge < -0.3 is 10.0 Å². The minimum absolute atomic E-state index is 0.227. The zero-order chi connectivity index (χ0) is 11.7. The second-order valence-corrected chi connectivity index (χ2v) is 3.31. The van der Waals surface area contributed by atoms with Crippen molar-refractivity contribution in [1.82, 2.24) is 0 Å². The van der Waals surface area contributed by atoms with Gasteiger partial charge in [-0.05, 0) is 17.6 Å². The lowest BCUT2D eigenvalue weighted by molar-refractivity contribution is -0.119. The van der Waals surface area contributed by atoms with Crippen LogP contribution in [0.2, 0.25) is 0 Å². The second kappa shape index (κ2) is 3.92. The van der Waals surface area contributed by atoms with Gasteiger partial charge in [0.25, 0.3) is 11.8 Å². The maximum absolute atomic E-state index is 11.4. The molecule has 16 heavy (non-hydrogen) atoms. The van der Waals surface area contributed by atoms with E-state index in [-0.39, 0.29) is 5.46 Å². The SMILES string of the molecule is O=C1C=CC(=O)N1c1cccc(B(O)O)c1. The van der Waals surface area contributed by atoms with Crippen molar-refractivity contribution in [2.24, 2.45) is 0 Å². The quantitative estimate of drug-likeness (QED) is 0.481. The summed E-state index contributed by atoms with van der Waals surface area (Å²) in [7, 11) is -1.62. The first-order valence-electron chi connectivity index (χ1n) is 4.62.